The van der Waals surface area contributed by atoms with Gasteiger partial charge in [-0.3, -0.25) is 14.8 Å². The Morgan fingerprint density at radius 2 is 1.91 bits per heavy atom. The van der Waals surface area contributed by atoms with Crippen LogP contribution in [0.4, 0.5) is 10.8 Å². The molecule has 1 aromatic heterocycles. The summed E-state index contributed by atoms with van der Waals surface area (Å²) in [7, 11) is -3.29. The average Bonchev–Trinajstić information content (AvgIpc) is 2.81. The summed E-state index contributed by atoms with van der Waals surface area (Å²) in [4.78, 5) is 11.7. The van der Waals surface area contributed by atoms with Gasteiger partial charge in [-0.2, -0.15) is 0 Å². The number of aromatic nitrogens is 2. The quantitative estimate of drug-likeness (QED) is 0.811. The van der Waals surface area contributed by atoms with E-state index in [4.69, 9.17) is 0 Å². The van der Waals surface area contributed by atoms with Crippen molar-refractivity contribution in [3.63, 3.8) is 0 Å². The number of carbonyl (C=O) groups excluding carboxylic acids is 1. The molecule has 0 unspecified atom stereocenters. The van der Waals surface area contributed by atoms with Crippen molar-refractivity contribution in [2.45, 2.75) is 6.92 Å². The van der Waals surface area contributed by atoms with Crippen molar-refractivity contribution in [1.82, 2.24) is 10.2 Å². The van der Waals surface area contributed by atoms with Gasteiger partial charge in [0.05, 0.1) is 6.26 Å². The number of benzene rings is 1. The van der Waals surface area contributed by atoms with Crippen LogP contribution in [0.5, 0.6) is 0 Å². The van der Waals surface area contributed by atoms with Gasteiger partial charge < -0.3 is 0 Å². The Morgan fingerprint density at radius 1 is 1.23 bits per heavy atom. The van der Waals surface area contributed by atoms with Crippen LogP contribution in [0.1, 0.15) is 10.6 Å². The Bertz CT molecular complexity index is 795. The van der Waals surface area contributed by atoms with Crippen LogP contribution in [-0.4, -0.2) is 30.8 Å². The van der Waals surface area contributed by atoms with Crippen LogP contribution in [0.3, 0.4) is 0 Å². The SMILES string of the molecule is Cc1nnc(NC(=O)/C=C/c2ccc(NS(C)(=O)=O)cc2)s1. The molecule has 1 aromatic carbocycles. The average molecular weight is 338 g/mol. The Hall–Kier alpha value is -2.26. The number of hydrogen-bond donors (Lipinski definition) is 2. The maximum Gasteiger partial charge on any atom is 0.250 e. The predicted octanol–water partition coefficient (Wildman–Crippen LogP) is 1.87. The van der Waals surface area contributed by atoms with Crippen LogP contribution in [0.15, 0.2) is 30.3 Å². The molecule has 22 heavy (non-hydrogen) atoms. The van der Waals surface area contributed by atoms with Crippen molar-refractivity contribution >= 4 is 44.2 Å². The molecule has 116 valence electrons. The van der Waals surface area contributed by atoms with E-state index in [0.29, 0.717) is 10.8 Å². The summed E-state index contributed by atoms with van der Waals surface area (Å²) in [5.41, 5.74) is 1.23. The normalized spacial score (nSPS) is 11.5. The van der Waals surface area contributed by atoms with Gasteiger partial charge in [-0.15, -0.1) is 10.2 Å². The topological polar surface area (TPSA) is 101 Å². The molecule has 1 heterocycles. The molecular formula is C13H14N4O3S2. The number of carbonyl (C=O) groups is 1. The van der Waals surface area contributed by atoms with Gasteiger partial charge in [0.25, 0.3) is 0 Å². The maximum absolute atomic E-state index is 11.7. The Kier molecular flexibility index (Phi) is 4.88. The van der Waals surface area contributed by atoms with E-state index in [1.165, 1.54) is 17.4 Å². The van der Waals surface area contributed by atoms with E-state index in [0.717, 1.165) is 16.8 Å². The zero-order valence-electron chi connectivity index (χ0n) is 11.9. The molecule has 0 saturated heterocycles. The van der Waals surface area contributed by atoms with Crippen LogP contribution < -0.4 is 10.0 Å². The summed E-state index contributed by atoms with van der Waals surface area (Å²) >= 11 is 1.29. The fourth-order valence-electron chi connectivity index (χ4n) is 1.54. The van der Waals surface area contributed by atoms with E-state index in [-0.39, 0.29) is 5.91 Å². The van der Waals surface area contributed by atoms with E-state index in [2.05, 4.69) is 20.2 Å². The van der Waals surface area contributed by atoms with Gasteiger partial charge in [0.2, 0.25) is 21.1 Å². The summed E-state index contributed by atoms with van der Waals surface area (Å²) in [6.45, 7) is 1.80. The molecule has 2 aromatic rings. The first-order valence-electron chi connectivity index (χ1n) is 6.19. The fourth-order valence-corrected chi connectivity index (χ4v) is 2.70. The summed E-state index contributed by atoms with van der Waals surface area (Å²) in [6, 6.07) is 6.64. The lowest BCUT2D eigenvalue weighted by atomic mass is 10.2. The van der Waals surface area contributed by atoms with Crippen molar-refractivity contribution in [3.8, 4) is 0 Å². The number of nitrogens with one attached hydrogen (secondary N) is 2. The summed E-state index contributed by atoms with van der Waals surface area (Å²) in [5, 5.41) is 11.4. The lowest BCUT2D eigenvalue weighted by Gasteiger charge is -2.03. The maximum atomic E-state index is 11.7. The number of aryl methyl sites for hydroxylation is 1. The summed E-state index contributed by atoms with van der Waals surface area (Å²) in [6.07, 6.45) is 4.07. The highest BCUT2D eigenvalue weighted by Gasteiger charge is 2.03. The van der Waals surface area contributed by atoms with E-state index in [9.17, 15) is 13.2 Å². The van der Waals surface area contributed by atoms with Gasteiger partial charge in [-0.05, 0) is 30.7 Å². The molecule has 0 atom stereocenters. The molecule has 9 heteroatoms. The molecule has 0 spiro atoms. The number of anilines is 2. The number of sulfonamides is 1. The Labute approximate surface area is 132 Å². The van der Waals surface area contributed by atoms with Gasteiger partial charge >= 0.3 is 0 Å². The minimum absolute atomic E-state index is 0.311. The van der Waals surface area contributed by atoms with Crippen molar-refractivity contribution in [2.24, 2.45) is 0 Å². The number of amides is 1. The largest absolute Gasteiger partial charge is 0.297 e. The third-order valence-electron chi connectivity index (χ3n) is 2.40. The highest BCUT2D eigenvalue weighted by atomic mass is 32.2. The zero-order valence-corrected chi connectivity index (χ0v) is 13.5. The molecular weight excluding hydrogens is 324 g/mol. The van der Waals surface area contributed by atoms with Crippen LogP contribution >= 0.6 is 11.3 Å². The molecule has 0 aliphatic carbocycles. The van der Waals surface area contributed by atoms with Crippen LogP contribution in [0.25, 0.3) is 6.08 Å². The molecule has 0 radical (unpaired) electrons. The lowest BCUT2D eigenvalue weighted by molar-refractivity contribution is -0.111. The van der Waals surface area contributed by atoms with Gasteiger partial charge in [-0.1, -0.05) is 23.5 Å². The van der Waals surface area contributed by atoms with E-state index < -0.39 is 10.0 Å². The monoisotopic (exact) mass is 338 g/mol. The number of nitrogens with zero attached hydrogens (tertiary/aromatic N) is 2. The highest BCUT2D eigenvalue weighted by Crippen LogP contribution is 2.14. The Balaban J connectivity index is 1.96. The number of rotatable bonds is 5. The molecule has 7 nitrogen and oxygen atoms in total. The van der Waals surface area contributed by atoms with Gasteiger partial charge in [0.1, 0.15) is 5.01 Å². The standard InChI is InChI=1S/C13H14N4O3S2/c1-9-15-16-13(21-9)14-12(18)8-5-10-3-6-11(7-4-10)17-22(2,19)20/h3-8,17H,1-2H3,(H,14,16,18)/b8-5+. The molecule has 0 bridgehead atoms. The Morgan fingerprint density at radius 3 is 2.45 bits per heavy atom. The van der Waals surface area contributed by atoms with Gasteiger partial charge in [0, 0.05) is 11.8 Å². The summed E-state index contributed by atoms with van der Waals surface area (Å²) < 4.78 is 24.5. The second-order valence-electron chi connectivity index (χ2n) is 4.45. The van der Waals surface area contributed by atoms with Crippen molar-refractivity contribution in [3.05, 3.63) is 40.9 Å². The van der Waals surface area contributed by atoms with E-state index in [1.807, 2.05) is 0 Å². The molecule has 1 amide bonds. The minimum Gasteiger partial charge on any atom is -0.297 e. The third kappa shape index (κ3) is 5.26. The first-order valence-corrected chi connectivity index (χ1v) is 8.90. The second kappa shape index (κ2) is 6.67. The number of hydrogen-bond acceptors (Lipinski definition) is 6. The summed E-state index contributed by atoms with van der Waals surface area (Å²) in [5.74, 6) is -0.311. The minimum atomic E-state index is -3.29. The molecule has 2 N–H and O–H groups in total. The molecule has 0 saturated carbocycles. The van der Waals surface area contributed by atoms with E-state index >= 15 is 0 Å². The first-order chi connectivity index (χ1) is 10.3. The van der Waals surface area contributed by atoms with Crippen LogP contribution in [0, 0.1) is 6.92 Å². The lowest BCUT2D eigenvalue weighted by Crippen LogP contribution is -2.09. The van der Waals surface area contributed by atoms with Crippen molar-refractivity contribution < 1.29 is 13.2 Å². The van der Waals surface area contributed by atoms with Crippen LogP contribution in [0.2, 0.25) is 0 Å². The van der Waals surface area contributed by atoms with Gasteiger partial charge in [-0.25, -0.2) is 8.42 Å². The highest BCUT2D eigenvalue weighted by molar-refractivity contribution is 7.92. The van der Waals surface area contributed by atoms with Gasteiger partial charge in [0.15, 0.2) is 0 Å². The fraction of sp³-hybridized carbons (Fsp3) is 0.154. The molecule has 0 fully saturated rings. The van der Waals surface area contributed by atoms with Crippen molar-refractivity contribution in [2.75, 3.05) is 16.3 Å². The zero-order chi connectivity index (χ0) is 16.2. The van der Waals surface area contributed by atoms with E-state index in [1.54, 1.807) is 37.3 Å². The molecule has 2 rings (SSSR count). The second-order valence-corrected chi connectivity index (χ2v) is 7.38. The predicted molar refractivity (Wildman–Crippen MR) is 87.2 cm³/mol. The molecule has 0 aliphatic heterocycles. The first kappa shape index (κ1) is 16.1. The smallest absolute Gasteiger partial charge is 0.250 e. The molecule has 0 aliphatic rings. The third-order valence-corrected chi connectivity index (χ3v) is 3.76. The van der Waals surface area contributed by atoms with Crippen molar-refractivity contribution in [1.29, 1.82) is 0 Å². The van der Waals surface area contributed by atoms with Crippen LogP contribution in [-0.2, 0) is 14.8 Å².